The van der Waals surface area contributed by atoms with Crippen LogP contribution >= 0.6 is 0 Å². The number of amidine groups is 1. The van der Waals surface area contributed by atoms with Crippen molar-refractivity contribution in [3.05, 3.63) is 95.3 Å². The van der Waals surface area contributed by atoms with E-state index in [4.69, 9.17) is 4.99 Å². The van der Waals surface area contributed by atoms with Crippen molar-refractivity contribution in [2.75, 3.05) is 0 Å². The van der Waals surface area contributed by atoms with Crippen LogP contribution in [0.2, 0.25) is 0 Å². The van der Waals surface area contributed by atoms with Crippen molar-refractivity contribution in [1.82, 2.24) is 10.4 Å². The van der Waals surface area contributed by atoms with Gasteiger partial charge in [0.25, 0.3) is 0 Å². The van der Waals surface area contributed by atoms with Gasteiger partial charge in [-0.25, -0.2) is 4.99 Å². The quantitative estimate of drug-likeness (QED) is 0.718. The van der Waals surface area contributed by atoms with E-state index < -0.39 is 0 Å². The van der Waals surface area contributed by atoms with Gasteiger partial charge in [-0.2, -0.15) is 5.10 Å². The van der Waals surface area contributed by atoms with Crippen LogP contribution in [-0.2, 0) is 5.41 Å². The first-order valence-corrected chi connectivity index (χ1v) is 9.05. The molecular formula is C23H22N4. The zero-order valence-corrected chi connectivity index (χ0v) is 15.8. The highest BCUT2D eigenvalue weighted by Crippen LogP contribution is 2.26. The number of nitrogens with one attached hydrogen (secondary N) is 1. The van der Waals surface area contributed by atoms with Crippen LogP contribution in [0.15, 0.2) is 83.2 Å². The van der Waals surface area contributed by atoms with Crippen molar-refractivity contribution >= 4 is 17.2 Å². The molecule has 1 N–H and O–H groups in total. The number of nitrogens with zero attached hydrogens (tertiary/aromatic N) is 3. The Balaban J connectivity index is 1.77. The van der Waals surface area contributed by atoms with Crippen LogP contribution in [0.1, 0.15) is 43.0 Å². The van der Waals surface area contributed by atoms with E-state index in [2.05, 4.69) is 60.5 Å². The summed E-state index contributed by atoms with van der Waals surface area (Å²) in [7, 11) is 0. The van der Waals surface area contributed by atoms with E-state index in [0.29, 0.717) is 0 Å². The summed E-state index contributed by atoms with van der Waals surface area (Å²) in [6.07, 6.45) is 3.58. The smallest absolute Gasteiger partial charge is 0.154 e. The van der Waals surface area contributed by atoms with Crippen LogP contribution in [0.3, 0.4) is 0 Å². The normalized spacial score (nSPS) is 13.7. The first-order chi connectivity index (χ1) is 13.0. The summed E-state index contributed by atoms with van der Waals surface area (Å²) in [4.78, 5) is 9.07. The fraction of sp³-hybridized carbons (Fsp3) is 0.174. The molecule has 134 valence electrons. The minimum absolute atomic E-state index is 0.120. The monoisotopic (exact) mass is 354 g/mol. The van der Waals surface area contributed by atoms with Crippen molar-refractivity contribution in [3.63, 3.8) is 0 Å². The summed E-state index contributed by atoms with van der Waals surface area (Å²) < 4.78 is 0. The molecule has 1 aliphatic rings. The van der Waals surface area contributed by atoms with Gasteiger partial charge in [0.1, 0.15) is 5.71 Å². The van der Waals surface area contributed by atoms with Crippen molar-refractivity contribution in [1.29, 1.82) is 0 Å². The average Bonchev–Trinajstić information content (AvgIpc) is 2.88. The van der Waals surface area contributed by atoms with E-state index in [-0.39, 0.29) is 5.41 Å². The number of rotatable bonds is 2. The fourth-order valence-corrected chi connectivity index (χ4v) is 3.07. The Hall–Kier alpha value is -3.27. The van der Waals surface area contributed by atoms with Gasteiger partial charge in [0.2, 0.25) is 0 Å². The van der Waals surface area contributed by atoms with E-state index in [9.17, 15) is 0 Å². The molecule has 27 heavy (non-hydrogen) atoms. The number of aliphatic imine (C=N–C) groups is 1. The maximum Gasteiger partial charge on any atom is 0.154 e. The lowest BCUT2D eigenvalue weighted by Gasteiger charge is -2.19. The molecule has 0 fully saturated rings. The molecule has 0 unspecified atom stereocenters. The van der Waals surface area contributed by atoms with E-state index >= 15 is 0 Å². The summed E-state index contributed by atoms with van der Waals surface area (Å²) in [6.45, 7) is 6.64. The number of hydrogen-bond donors (Lipinski definition) is 1. The summed E-state index contributed by atoms with van der Waals surface area (Å²) in [5.41, 5.74) is 9.25. The zero-order valence-electron chi connectivity index (χ0n) is 15.8. The third-order valence-corrected chi connectivity index (χ3v) is 4.62. The van der Waals surface area contributed by atoms with Crippen LogP contribution in [0.4, 0.5) is 5.69 Å². The molecule has 0 bridgehead atoms. The van der Waals surface area contributed by atoms with Crippen molar-refractivity contribution < 1.29 is 0 Å². The zero-order chi connectivity index (χ0) is 18.9. The van der Waals surface area contributed by atoms with Crippen molar-refractivity contribution in [2.45, 2.75) is 26.2 Å². The van der Waals surface area contributed by atoms with Gasteiger partial charge in [0.15, 0.2) is 5.84 Å². The molecule has 2 aromatic carbocycles. The second-order valence-corrected chi connectivity index (χ2v) is 7.62. The first-order valence-electron chi connectivity index (χ1n) is 9.05. The fourth-order valence-electron chi connectivity index (χ4n) is 3.07. The largest absolute Gasteiger partial charge is 0.264 e. The summed E-state index contributed by atoms with van der Waals surface area (Å²) in [6, 6.07) is 20.5. The van der Waals surface area contributed by atoms with Crippen molar-refractivity contribution in [3.8, 4) is 0 Å². The van der Waals surface area contributed by atoms with Crippen LogP contribution in [0.5, 0.6) is 0 Å². The van der Waals surface area contributed by atoms with Gasteiger partial charge >= 0.3 is 0 Å². The Morgan fingerprint density at radius 1 is 0.815 bits per heavy atom. The Labute approximate surface area is 159 Å². The Morgan fingerprint density at radius 2 is 1.59 bits per heavy atom. The number of para-hydroxylation sites is 1. The highest BCUT2D eigenvalue weighted by atomic mass is 15.3. The Bertz CT molecular complexity index is 1010. The maximum absolute atomic E-state index is 4.85. The van der Waals surface area contributed by atoms with Gasteiger partial charge in [-0.3, -0.25) is 10.4 Å². The van der Waals surface area contributed by atoms with Gasteiger partial charge in [-0.1, -0.05) is 63.2 Å². The Morgan fingerprint density at radius 3 is 2.30 bits per heavy atom. The van der Waals surface area contributed by atoms with Crippen LogP contribution in [-0.4, -0.2) is 16.5 Å². The minimum Gasteiger partial charge on any atom is -0.264 e. The molecule has 2 heterocycles. The molecule has 1 aliphatic heterocycles. The molecule has 4 nitrogen and oxygen atoms in total. The number of hydrogen-bond acceptors (Lipinski definition) is 4. The SMILES string of the molecule is CC(C)(C)c1ccc(C2=Nc3ccccc3C(c3cccnc3)=NN2)cc1. The molecule has 4 heteroatoms. The molecule has 0 aliphatic carbocycles. The van der Waals surface area contributed by atoms with Crippen LogP contribution in [0, 0.1) is 0 Å². The molecular weight excluding hydrogens is 332 g/mol. The topological polar surface area (TPSA) is 49.6 Å². The van der Waals surface area contributed by atoms with E-state index in [1.165, 1.54) is 5.56 Å². The van der Waals surface area contributed by atoms with Crippen LogP contribution < -0.4 is 5.43 Å². The van der Waals surface area contributed by atoms with Gasteiger partial charge in [-0.05, 0) is 29.2 Å². The highest BCUT2D eigenvalue weighted by Gasteiger charge is 2.18. The van der Waals surface area contributed by atoms with E-state index in [0.717, 1.165) is 33.9 Å². The number of aromatic nitrogens is 1. The molecule has 0 amide bonds. The second-order valence-electron chi connectivity index (χ2n) is 7.62. The molecule has 0 spiro atoms. The third-order valence-electron chi connectivity index (χ3n) is 4.62. The maximum atomic E-state index is 4.85. The standard InChI is InChI=1S/C23H22N4/c1-23(2,3)18-12-10-16(11-13-18)22-25-20-9-5-4-8-19(20)21(26-27-22)17-7-6-14-24-15-17/h4-15H,1-3H3,(H,25,27). The molecule has 3 aromatic rings. The van der Waals surface area contributed by atoms with E-state index in [1.54, 1.807) is 6.20 Å². The highest BCUT2D eigenvalue weighted by molar-refractivity contribution is 6.17. The number of benzene rings is 2. The molecule has 1 aromatic heterocycles. The van der Waals surface area contributed by atoms with Crippen molar-refractivity contribution in [2.24, 2.45) is 10.1 Å². The average molecular weight is 354 g/mol. The van der Waals surface area contributed by atoms with Crippen LogP contribution in [0.25, 0.3) is 0 Å². The second kappa shape index (κ2) is 6.80. The van der Waals surface area contributed by atoms with Gasteiger partial charge in [-0.15, -0.1) is 0 Å². The van der Waals surface area contributed by atoms with Gasteiger partial charge < -0.3 is 0 Å². The molecule has 0 radical (unpaired) electrons. The lowest BCUT2D eigenvalue weighted by atomic mass is 9.86. The first kappa shape index (κ1) is 17.2. The summed E-state index contributed by atoms with van der Waals surface area (Å²) in [5, 5.41) is 4.66. The summed E-state index contributed by atoms with van der Waals surface area (Å²) >= 11 is 0. The predicted molar refractivity (Wildman–Crippen MR) is 111 cm³/mol. The van der Waals surface area contributed by atoms with Gasteiger partial charge in [0, 0.05) is 29.1 Å². The molecule has 0 saturated carbocycles. The lowest BCUT2D eigenvalue weighted by molar-refractivity contribution is 0.590. The predicted octanol–water partition coefficient (Wildman–Crippen LogP) is 4.81. The van der Waals surface area contributed by atoms with E-state index in [1.807, 2.05) is 42.6 Å². The number of pyridine rings is 1. The third kappa shape index (κ3) is 3.51. The number of hydrazone groups is 1. The number of fused-ring (bicyclic) bond motifs is 1. The Kier molecular flexibility index (Phi) is 4.32. The molecule has 4 rings (SSSR count). The lowest BCUT2D eigenvalue weighted by Crippen LogP contribution is -2.20. The molecule has 0 saturated heterocycles. The summed E-state index contributed by atoms with van der Waals surface area (Å²) in [5.74, 6) is 0.738. The van der Waals surface area contributed by atoms with Gasteiger partial charge in [0.05, 0.1) is 5.69 Å². The minimum atomic E-state index is 0.120. The molecule has 0 atom stereocenters.